The molecule has 90 valence electrons. The number of aliphatic hydroxyl groups excluding tert-OH is 1. The molecule has 0 amide bonds. The van der Waals surface area contributed by atoms with Crippen LogP contribution in [-0.2, 0) is 9.53 Å². The van der Waals surface area contributed by atoms with Crippen LogP contribution in [0.5, 0.6) is 0 Å². The van der Waals surface area contributed by atoms with Crippen LogP contribution in [0.1, 0.15) is 40.0 Å². The number of hydrogen-bond donors (Lipinski definition) is 1. The minimum Gasteiger partial charge on any atom is -0.508 e. The van der Waals surface area contributed by atoms with Gasteiger partial charge in [-0.1, -0.05) is 19.9 Å². The van der Waals surface area contributed by atoms with E-state index in [0.29, 0.717) is 12.4 Å². The first-order valence-corrected chi connectivity index (χ1v) is 5.63. The first-order chi connectivity index (χ1) is 7.41. The van der Waals surface area contributed by atoms with Crippen LogP contribution in [0, 0.1) is 5.41 Å². The molecule has 0 aliphatic heterocycles. The van der Waals surface area contributed by atoms with E-state index in [-0.39, 0.29) is 11.4 Å². The number of carbonyl (C=O) groups excluding carboxylic acids is 1. The number of rotatable bonds is 4. The predicted octanol–water partition coefficient (Wildman–Crippen LogP) is 3.13. The van der Waals surface area contributed by atoms with Crippen molar-refractivity contribution in [3.05, 3.63) is 23.5 Å². The predicted molar refractivity (Wildman–Crippen MR) is 63.1 cm³/mol. The Bertz CT molecular complexity index is 324. The molecule has 0 spiro atoms. The fourth-order valence-electron chi connectivity index (χ4n) is 1.74. The highest BCUT2D eigenvalue weighted by Crippen LogP contribution is 2.30. The summed E-state index contributed by atoms with van der Waals surface area (Å²) in [7, 11) is 0. The second-order valence-corrected chi connectivity index (χ2v) is 5.02. The molecule has 0 fully saturated rings. The first-order valence-electron chi connectivity index (χ1n) is 5.63. The zero-order chi connectivity index (χ0) is 12.2. The molecule has 1 N–H and O–H groups in total. The molecule has 0 saturated carbocycles. The molecule has 1 aliphatic carbocycles. The van der Waals surface area contributed by atoms with Crippen LogP contribution in [0.15, 0.2) is 23.5 Å². The minimum absolute atomic E-state index is 0.142. The van der Waals surface area contributed by atoms with Gasteiger partial charge in [0.15, 0.2) is 0 Å². The average Bonchev–Trinajstić information content (AvgIpc) is 2.19. The number of esters is 1. The lowest BCUT2D eigenvalue weighted by Crippen LogP contribution is -2.22. The van der Waals surface area contributed by atoms with Crippen molar-refractivity contribution in [3.63, 3.8) is 0 Å². The monoisotopic (exact) mass is 224 g/mol. The quantitative estimate of drug-likeness (QED) is 0.746. The van der Waals surface area contributed by atoms with Crippen molar-refractivity contribution in [2.45, 2.75) is 40.0 Å². The van der Waals surface area contributed by atoms with Crippen LogP contribution in [0.2, 0.25) is 0 Å². The minimum atomic E-state index is -0.259. The fourth-order valence-corrected chi connectivity index (χ4v) is 1.74. The van der Waals surface area contributed by atoms with E-state index in [9.17, 15) is 9.90 Å². The first kappa shape index (κ1) is 12.8. The molecule has 0 aromatic rings. The van der Waals surface area contributed by atoms with E-state index in [4.69, 9.17) is 4.74 Å². The summed E-state index contributed by atoms with van der Waals surface area (Å²) in [6, 6.07) is 0. The number of ether oxygens (including phenoxy) is 1. The highest BCUT2D eigenvalue weighted by atomic mass is 16.5. The lowest BCUT2D eigenvalue weighted by atomic mass is 9.84. The zero-order valence-electron chi connectivity index (χ0n) is 10.2. The molecule has 0 aromatic heterocycles. The number of carbonyl (C=O) groups is 1. The Hall–Kier alpha value is -1.25. The van der Waals surface area contributed by atoms with Gasteiger partial charge in [-0.25, -0.2) is 0 Å². The molecule has 0 aromatic carbocycles. The van der Waals surface area contributed by atoms with E-state index in [1.807, 2.05) is 19.9 Å². The van der Waals surface area contributed by atoms with E-state index in [0.717, 1.165) is 24.8 Å². The molecular formula is C13H20O3. The van der Waals surface area contributed by atoms with Crippen molar-refractivity contribution < 1.29 is 14.6 Å². The van der Waals surface area contributed by atoms with Gasteiger partial charge in [-0.05, 0) is 30.9 Å². The van der Waals surface area contributed by atoms with E-state index in [1.165, 1.54) is 6.92 Å². The Kier molecular flexibility index (Phi) is 4.16. The molecule has 0 unspecified atom stereocenters. The molecule has 0 radical (unpaired) electrons. The van der Waals surface area contributed by atoms with Gasteiger partial charge in [-0.15, -0.1) is 0 Å². The number of aliphatic hydroxyl groups is 1. The summed E-state index contributed by atoms with van der Waals surface area (Å²) in [5, 5.41) is 9.69. The Morgan fingerprint density at radius 2 is 2.06 bits per heavy atom. The molecule has 0 atom stereocenters. The van der Waals surface area contributed by atoms with Crippen LogP contribution in [0.25, 0.3) is 0 Å². The molecule has 1 aliphatic rings. The van der Waals surface area contributed by atoms with Gasteiger partial charge >= 0.3 is 5.97 Å². The van der Waals surface area contributed by atoms with Crippen molar-refractivity contribution in [1.29, 1.82) is 0 Å². The number of hydrogen-bond acceptors (Lipinski definition) is 3. The highest BCUT2D eigenvalue weighted by Gasteiger charge is 2.23. The van der Waals surface area contributed by atoms with Crippen LogP contribution >= 0.6 is 0 Å². The Balaban J connectivity index is 2.54. The smallest absolute Gasteiger partial charge is 0.302 e. The van der Waals surface area contributed by atoms with Crippen molar-refractivity contribution >= 4 is 5.97 Å². The standard InChI is InChI=1S/C13H20O3/c1-10(14)16-9-13(2,3)8-11-6-4-5-7-12(11)15/h6-7,15H,4-5,8-9H2,1-3H3. The maximum Gasteiger partial charge on any atom is 0.302 e. The molecule has 0 bridgehead atoms. The summed E-state index contributed by atoms with van der Waals surface area (Å²) < 4.78 is 5.02. The largest absolute Gasteiger partial charge is 0.508 e. The van der Waals surface area contributed by atoms with E-state index >= 15 is 0 Å². The van der Waals surface area contributed by atoms with Crippen molar-refractivity contribution in [1.82, 2.24) is 0 Å². The van der Waals surface area contributed by atoms with Gasteiger partial charge in [0, 0.05) is 12.3 Å². The Labute approximate surface area is 96.8 Å². The summed E-state index contributed by atoms with van der Waals surface area (Å²) >= 11 is 0. The third-order valence-corrected chi connectivity index (χ3v) is 2.56. The maximum atomic E-state index is 10.7. The van der Waals surface area contributed by atoms with Gasteiger partial charge in [-0.3, -0.25) is 4.79 Å². The average molecular weight is 224 g/mol. The van der Waals surface area contributed by atoms with Crippen molar-refractivity contribution in [3.8, 4) is 0 Å². The van der Waals surface area contributed by atoms with Crippen LogP contribution < -0.4 is 0 Å². The molecule has 16 heavy (non-hydrogen) atoms. The van der Waals surface area contributed by atoms with Gasteiger partial charge in [0.05, 0.1) is 6.61 Å². The van der Waals surface area contributed by atoms with Crippen molar-refractivity contribution in [2.24, 2.45) is 5.41 Å². The summed E-state index contributed by atoms with van der Waals surface area (Å²) in [5.41, 5.74) is 0.819. The highest BCUT2D eigenvalue weighted by molar-refractivity contribution is 5.65. The van der Waals surface area contributed by atoms with Crippen LogP contribution in [0.4, 0.5) is 0 Å². The van der Waals surface area contributed by atoms with E-state index in [1.54, 1.807) is 0 Å². The normalized spacial score (nSPS) is 16.4. The molecule has 1 rings (SSSR count). The topological polar surface area (TPSA) is 46.5 Å². The van der Waals surface area contributed by atoms with Crippen LogP contribution in [-0.4, -0.2) is 17.7 Å². The lowest BCUT2D eigenvalue weighted by molar-refractivity contribution is -0.143. The van der Waals surface area contributed by atoms with Gasteiger partial charge < -0.3 is 9.84 Å². The van der Waals surface area contributed by atoms with Gasteiger partial charge in [0.1, 0.15) is 5.76 Å². The van der Waals surface area contributed by atoms with E-state index < -0.39 is 0 Å². The molecule has 3 nitrogen and oxygen atoms in total. The third-order valence-electron chi connectivity index (χ3n) is 2.56. The van der Waals surface area contributed by atoms with Gasteiger partial charge in [0.25, 0.3) is 0 Å². The third kappa shape index (κ3) is 4.09. The van der Waals surface area contributed by atoms with Gasteiger partial charge in [-0.2, -0.15) is 0 Å². The second kappa shape index (κ2) is 5.19. The molecule has 0 heterocycles. The molecular weight excluding hydrogens is 204 g/mol. The van der Waals surface area contributed by atoms with E-state index in [2.05, 4.69) is 6.08 Å². The van der Waals surface area contributed by atoms with Crippen molar-refractivity contribution in [2.75, 3.05) is 6.61 Å². The fraction of sp³-hybridized carbons (Fsp3) is 0.615. The Morgan fingerprint density at radius 3 is 2.62 bits per heavy atom. The number of allylic oxidation sites excluding steroid dienone is 3. The molecule has 0 saturated heterocycles. The Morgan fingerprint density at radius 1 is 1.44 bits per heavy atom. The SMILES string of the molecule is CC(=O)OCC(C)(C)CC1=CCCC=C1O. The summed E-state index contributed by atoms with van der Waals surface area (Å²) in [6.45, 7) is 5.84. The lowest BCUT2D eigenvalue weighted by Gasteiger charge is -2.26. The summed E-state index contributed by atoms with van der Waals surface area (Å²) in [4.78, 5) is 10.7. The summed E-state index contributed by atoms with van der Waals surface area (Å²) in [5.74, 6) is 0.118. The van der Waals surface area contributed by atoms with Crippen LogP contribution in [0.3, 0.4) is 0 Å². The second-order valence-electron chi connectivity index (χ2n) is 5.02. The maximum absolute atomic E-state index is 10.7. The zero-order valence-corrected chi connectivity index (χ0v) is 10.2. The van der Waals surface area contributed by atoms with Gasteiger partial charge in [0.2, 0.25) is 0 Å². The summed E-state index contributed by atoms with van der Waals surface area (Å²) in [6.07, 6.45) is 6.51. The molecule has 3 heteroatoms.